The molecule has 0 aromatic heterocycles. The molecule has 1 aliphatic carbocycles. The van der Waals surface area contributed by atoms with Gasteiger partial charge in [-0.25, -0.2) is 9.79 Å². The summed E-state index contributed by atoms with van der Waals surface area (Å²) in [5.41, 5.74) is 10.0. The Labute approximate surface area is 276 Å². The second kappa shape index (κ2) is 13.3. The number of anilines is 1. The van der Waals surface area contributed by atoms with E-state index in [1.54, 1.807) is 6.08 Å². The molecular formula is C42H50N2O2. The topological polar surface area (TPSA) is 50.7 Å². The second-order valence-corrected chi connectivity index (χ2v) is 13.8. The summed E-state index contributed by atoms with van der Waals surface area (Å²) in [4.78, 5) is 19.0. The predicted molar refractivity (Wildman–Crippen MR) is 195 cm³/mol. The molecule has 1 aliphatic rings. The van der Waals surface area contributed by atoms with Crippen LogP contribution < -0.4 is 5.32 Å². The number of rotatable bonds is 10. The van der Waals surface area contributed by atoms with E-state index in [4.69, 9.17) is 9.73 Å². The van der Waals surface area contributed by atoms with Crippen molar-refractivity contribution in [1.82, 2.24) is 0 Å². The van der Waals surface area contributed by atoms with Gasteiger partial charge < -0.3 is 10.1 Å². The fraction of sp³-hybridized carbons (Fsp3) is 0.381. The molecule has 0 aliphatic heterocycles. The third-order valence-corrected chi connectivity index (χ3v) is 9.38. The van der Waals surface area contributed by atoms with E-state index in [-0.39, 0.29) is 29.6 Å². The highest BCUT2D eigenvalue weighted by atomic mass is 16.5. The van der Waals surface area contributed by atoms with Crippen molar-refractivity contribution < 1.29 is 9.53 Å². The van der Waals surface area contributed by atoms with Crippen LogP contribution in [0.5, 0.6) is 0 Å². The maximum atomic E-state index is 13.3. The number of para-hydroxylation sites is 2. The normalized spacial score (nSPS) is 17.3. The largest absolute Gasteiger partial charge is 0.463 e. The Kier molecular flexibility index (Phi) is 9.58. The summed E-state index contributed by atoms with van der Waals surface area (Å²) >= 11 is 0. The standard InChI is InChI=1S/C42H50N2O2/c1-11-46-37(45)24-29(10)42(44-40-33(27(6)7)20-15-21-34(40)28(8)9)36-23-13-17-30-16-12-22-35(38(30)36)41(42)43-39-31(25(2)3)18-14-19-32(39)26(4)5/h12-28,44H,11H2,1-10H3/t42-/m0/s1. The van der Waals surface area contributed by atoms with Crippen LogP contribution in [0.1, 0.15) is 126 Å². The minimum absolute atomic E-state index is 0.279. The summed E-state index contributed by atoms with van der Waals surface area (Å²) in [5, 5.41) is 6.48. The summed E-state index contributed by atoms with van der Waals surface area (Å²) in [6.07, 6.45) is 1.67. The van der Waals surface area contributed by atoms with Gasteiger partial charge in [0.25, 0.3) is 0 Å². The molecule has 5 rings (SSSR count). The van der Waals surface area contributed by atoms with Gasteiger partial charge in [0.15, 0.2) is 0 Å². The Morgan fingerprint density at radius 3 is 1.78 bits per heavy atom. The highest BCUT2D eigenvalue weighted by Gasteiger charge is 2.48. The summed E-state index contributed by atoms with van der Waals surface area (Å²) in [6.45, 7) is 22.1. The SMILES string of the molecule is CCOC(=O)C=C(C)[C@@]1(Nc2c(C(C)C)cccc2C(C)C)C(=Nc2c(C(C)C)cccc2C(C)C)c2cccc3cccc1c23. The van der Waals surface area contributed by atoms with Crippen molar-refractivity contribution >= 4 is 33.8 Å². The zero-order valence-corrected chi connectivity index (χ0v) is 29.3. The van der Waals surface area contributed by atoms with Gasteiger partial charge >= 0.3 is 5.97 Å². The monoisotopic (exact) mass is 614 g/mol. The van der Waals surface area contributed by atoms with Crippen molar-refractivity contribution in [3.8, 4) is 0 Å². The second-order valence-electron chi connectivity index (χ2n) is 13.8. The lowest BCUT2D eigenvalue weighted by Gasteiger charge is -2.38. The number of hydrogen-bond acceptors (Lipinski definition) is 4. The van der Waals surface area contributed by atoms with Crippen LogP contribution in [0.3, 0.4) is 0 Å². The van der Waals surface area contributed by atoms with E-state index in [2.05, 4.69) is 140 Å². The average molecular weight is 615 g/mol. The van der Waals surface area contributed by atoms with E-state index in [9.17, 15) is 4.79 Å². The molecule has 1 N–H and O–H groups in total. The fourth-order valence-corrected chi connectivity index (χ4v) is 7.05. The highest BCUT2D eigenvalue weighted by molar-refractivity contribution is 6.26. The Morgan fingerprint density at radius 1 is 0.761 bits per heavy atom. The number of benzene rings is 4. The van der Waals surface area contributed by atoms with Crippen LogP contribution in [0.2, 0.25) is 0 Å². The average Bonchev–Trinajstić information content (AvgIpc) is 3.27. The molecule has 1 atom stereocenters. The number of ether oxygens (including phenoxy) is 1. The summed E-state index contributed by atoms with van der Waals surface area (Å²) < 4.78 is 5.51. The third-order valence-electron chi connectivity index (χ3n) is 9.38. The number of carbonyl (C=O) groups excluding carboxylic acids is 1. The molecule has 0 saturated carbocycles. The molecule has 0 spiro atoms. The molecular weight excluding hydrogens is 564 g/mol. The molecule has 4 heteroatoms. The molecule has 4 aromatic carbocycles. The van der Waals surface area contributed by atoms with Crippen LogP contribution in [-0.4, -0.2) is 18.3 Å². The van der Waals surface area contributed by atoms with Gasteiger partial charge in [-0.1, -0.05) is 128 Å². The first kappa shape index (κ1) is 33.2. The van der Waals surface area contributed by atoms with Crippen LogP contribution in [-0.2, 0) is 15.1 Å². The molecule has 0 unspecified atom stereocenters. The Morgan fingerprint density at radius 2 is 1.26 bits per heavy atom. The first-order valence-corrected chi connectivity index (χ1v) is 16.9. The number of esters is 1. The summed E-state index contributed by atoms with van der Waals surface area (Å²) in [5.74, 6) is 0.773. The van der Waals surface area contributed by atoms with E-state index in [1.807, 2.05) is 6.92 Å². The molecule has 46 heavy (non-hydrogen) atoms. The molecule has 0 amide bonds. The van der Waals surface area contributed by atoms with Crippen LogP contribution in [0, 0.1) is 0 Å². The predicted octanol–water partition coefficient (Wildman–Crippen LogP) is 11.3. The van der Waals surface area contributed by atoms with Gasteiger partial charge in [0.2, 0.25) is 0 Å². The lowest BCUT2D eigenvalue weighted by Crippen LogP contribution is -2.43. The van der Waals surface area contributed by atoms with Crippen LogP contribution >= 0.6 is 0 Å². The lowest BCUT2D eigenvalue weighted by molar-refractivity contribution is -0.137. The van der Waals surface area contributed by atoms with Crippen LogP contribution in [0.4, 0.5) is 11.4 Å². The van der Waals surface area contributed by atoms with E-state index < -0.39 is 5.54 Å². The molecule has 240 valence electrons. The van der Waals surface area contributed by atoms with Gasteiger partial charge in [-0.15, -0.1) is 0 Å². The van der Waals surface area contributed by atoms with Crippen molar-refractivity contribution in [3.05, 3.63) is 118 Å². The van der Waals surface area contributed by atoms with Crippen molar-refractivity contribution in [3.63, 3.8) is 0 Å². The van der Waals surface area contributed by atoms with Crippen molar-refractivity contribution in [2.24, 2.45) is 4.99 Å². The molecule has 0 bridgehead atoms. The smallest absolute Gasteiger partial charge is 0.330 e. The molecule has 0 heterocycles. The van der Waals surface area contributed by atoms with Gasteiger partial charge in [0.1, 0.15) is 5.54 Å². The summed E-state index contributed by atoms with van der Waals surface area (Å²) in [7, 11) is 0. The number of aliphatic imine (C=N–C) groups is 1. The van der Waals surface area contributed by atoms with E-state index in [0.29, 0.717) is 6.61 Å². The first-order chi connectivity index (χ1) is 21.9. The number of carbonyl (C=O) groups is 1. The molecule has 0 radical (unpaired) electrons. The van der Waals surface area contributed by atoms with Crippen LogP contribution in [0.15, 0.2) is 89.4 Å². The Hall–Kier alpha value is -4.18. The molecule has 0 fully saturated rings. The number of hydrogen-bond donors (Lipinski definition) is 1. The fourth-order valence-electron chi connectivity index (χ4n) is 7.05. The maximum absolute atomic E-state index is 13.3. The van der Waals surface area contributed by atoms with E-state index in [1.165, 1.54) is 22.3 Å². The van der Waals surface area contributed by atoms with Gasteiger partial charge in [0, 0.05) is 17.3 Å². The van der Waals surface area contributed by atoms with Gasteiger partial charge in [-0.2, -0.15) is 0 Å². The maximum Gasteiger partial charge on any atom is 0.330 e. The van der Waals surface area contributed by atoms with Gasteiger partial charge in [0.05, 0.1) is 18.0 Å². The lowest BCUT2D eigenvalue weighted by atomic mass is 9.79. The number of nitrogens with one attached hydrogen (secondary N) is 1. The van der Waals surface area contributed by atoms with Crippen molar-refractivity contribution in [2.75, 3.05) is 11.9 Å². The Balaban J connectivity index is 1.98. The third kappa shape index (κ3) is 5.79. The van der Waals surface area contributed by atoms with E-state index >= 15 is 0 Å². The zero-order valence-electron chi connectivity index (χ0n) is 29.3. The number of nitrogens with zero attached hydrogens (tertiary/aromatic N) is 1. The van der Waals surface area contributed by atoms with Crippen molar-refractivity contribution in [2.45, 2.75) is 98.4 Å². The molecule has 0 saturated heterocycles. The zero-order chi connectivity index (χ0) is 33.3. The van der Waals surface area contributed by atoms with E-state index in [0.717, 1.165) is 44.6 Å². The highest BCUT2D eigenvalue weighted by Crippen LogP contribution is 2.51. The quantitative estimate of drug-likeness (QED) is 0.143. The molecule has 4 aromatic rings. The minimum Gasteiger partial charge on any atom is -0.463 e. The van der Waals surface area contributed by atoms with Gasteiger partial charge in [-0.05, 0) is 81.7 Å². The van der Waals surface area contributed by atoms with Crippen molar-refractivity contribution in [1.29, 1.82) is 0 Å². The Bertz CT molecular complexity index is 1770. The van der Waals surface area contributed by atoms with Crippen LogP contribution in [0.25, 0.3) is 10.8 Å². The molecule has 4 nitrogen and oxygen atoms in total. The minimum atomic E-state index is -0.942. The summed E-state index contributed by atoms with van der Waals surface area (Å²) in [6, 6.07) is 26.2. The first-order valence-electron chi connectivity index (χ1n) is 16.9. The van der Waals surface area contributed by atoms with Gasteiger partial charge in [-0.3, -0.25) is 0 Å².